The van der Waals surface area contributed by atoms with Gasteiger partial charge in [-0.05, 0) is 43.2 Å². The molecule has 30 heavy (non-hydrogen) atoms. The van der Waals surface area contributed by atoms with E-state index in [1.165, 1.54) is 41.3 Å². The first-order chi connectivity index (χ1) is 14.3. The molecule has 0 bridgehead atoms. The van der Waals surface area contributed by atoms with Gasteiger partial charge in [-0.3, -0.25) is 14.5 Å². The average molecular weight is 448 g/mol. The van der Waals surface area contributed by atoms with Gasteiger partial charge < -0.3 is 5.11 Å². The lowest BCUT2D eigenvalue weighted by Crippen LogP contribution is -2.40. The normalized spacial score (nSPS) is 19.2. The van der Waals surface area contributed by atoms with E-state index in [2.05, 4.69) is 0 Å². The molecule has 1 atom stereocenters. The number of anilines is 1. The summed E-state index contributed by atoms with van der Waals surface area (Å²) >= 11 is 12.2. The first kappa shape index (κ1) is 20.6. The highest BCUT2D eigenvalue weighted by Gasteiger charge is 2.41. The molecule has 1 aliphatic heterocycles. The number of benzene rings is 2. The predicted molar refractivity (Wildman–Crippen MR) is 111 cm³/mol. The van der Waals surface area contributed by atoms with Crippen molar-refractivity contribution in [3.05, 3.63) is 74.7 Å². The topological polar surface area (TPSA) is 74.7 Å². The molecule has 0 radical (unpaired) electrons. The number of allylic oxidation sites excluding steroid dienone is 2. The quantitative estimate of drug-likeness (QED) is 0.686. The van der Waals surface area contributed by atoms with Crippen LogP contribution < -0.4 is 4.90 Å². The second kappa shape index (κ2) is 7.85. The van der Waals surface area contributed by atoms with Gasteiger partial charge in [-0.25, -0.2) is 9.18 Å². The fourth-order valence-corrected chi connectivity index (χ4v) is 4.69. The predicted octanol–water partition coefficient (Wildman–Crippen LogP) is 5.36. The minimum atomic E-state index is -1.23. The summed E-state index contributed by atoms with van der Waals surface area (Å²) in [6.45, 7) is 0. The number of carbonyl (C=O) groups excluding carboxylic acids is 2. The monoisotopic (exact) mass is 447 g/mol. The molecule has 154 valence electrons. The van der Waals surface area contributed by atoms with Crippen molar-refractivity contribution in [3.63, 3.8) is 0 Å². The van der Waals surface area contributed by atoms with Gasteiger partial charge in [0.25, 0.3) is 0 Å². The summed E-state index contributed by atoms with van der Waals surface area (Å²) in [5.41, 5.74) is 1.12. The van der Waals surface area contributed by atoms with E-state index < -0.39 is 17.7 Å². The van der Waals surface area contributed by atoms with E-state index in [0.29, 0.717) is 36.2 Å². The van der Waals surface area contributed by atoms with Crippen molar-refractivity contribution in [1.82, 2.24) is 0 Å². The fourth-order valence-electron chi connectivity index (χ4n) is 4.20. The Morgan fingerprint density at radius 1 is 1.10 bits per heavy atom. The summed E-state index contributed by atoms with van der Waals surface area (Å²) in [4.78, 5) is 38.9. The molecule has 1 aliphatic carbocycles. The Hall–Kier alpha value is -2.70. The minimum Gasteiger partial charge on any atom is -0.478 e. The highest BCUT2D eigenvalue weighted by molar-refractivity contribution is 6.33. The van der Waals surface area contributed by atoms with Crippen molar-refractivity contribution in [1.29, 1.82) is 0 Å². The van der Waals surface area contributed by atoms with Crippen molar-refractivity contribution in [2.75, 3.05) is 4.90 Å². The lowest BCUT2D eigenvalue weighted by atomic mass is 9.77. The third kappa shape index (κ3) is 3.40. The molecule has 0 fully saturated rings. The number of carbonyl (C=O) groups is 3. The van der Waals surface area contributed by atoms with Crippen LogP contribution in [0, 0.1) is 5.82 Å². The van der Waals surface area contributed by atoms with Gasteiger partial charge in [0.2, 0.25) is 5.91 Å². The maximum Gasteiger partial charge on any atom is 0.337 e. The standard InChI is InChI=1S/C22H16Cl2FNO4/c23-14-8-7-11(9-12(14)22(29)30)26-17-5-2-6-18(27)21(17)13(10-19(26)28)20-15(24)3-1-4-16(20)25/h1,3-4,7-9,13H,2,5-6,10H2,(H,29,30). The molecule has 1 heterocycles. The van der Waals surface area contributed by atoms with Gasteiger partial charge in [0.1, 0.15) is 5.82 Å². The van der Waals surface area contributed by atoms with Crippen molar-refractivity contribution < 1.29 is 23.9 Å². The largest absolute Gasteiger partial charge is 0.478 e. The Kier molecular flexibility index (Phi) is 5.38. The van der Waals surface area contributed by atoms with Gasteiger partial charge in [0, 0.05) is 46.3 Å². The second-order valence-corrected chi connectivity index (χ2v) is 8.04. The maximum atomic E-state index is 14.6. The van der Waals surface area contributed by atoms with Gasteiger partial charge in [-0.15, -0.1) is 0 Å². The lowest BCUT2D eigenvalue weighted by Gasteiger charge is -2.38. The highest BCUT2D eigenvalue weighted by Crippen LogP contribution is 2.45. The summed E-state index contributed by atoms with van der Waals surface area (Å²) in [6.07, 6.45) is 1.11. The number of nitrogens with zero attached hydrogens (tertiary/aromatic N) is 1. The Bertz CT molecular complexity index is 1110. The first-order valence-corrected chi connectivity index (χ1v) is 10.1. The number of carboxylic acids is 1. The fraction of sp³-hybridized carbons (Fsp3) is 0.227. The molecule has 0 saturated heterocycles. The summed E-state index contributed by atoms with van der Waals surface area (Å²) in [5.74, 6) is -3.11. The molecule has 0 spiro atoms. The number of Topliss-reactive ketones (excluding diaryl/α,β-unsaturated/α-hetero) is 1. The molecule has 1 amide bonds. The number of rotatable bonds is 3. The summed E-state index contributed by atoms with van der Waals surface area (Å²) in [5, 5.41) is 9.57. The van der Waals surface area contributed by atoms with Crippen LogP contribution in [0.2, 0.25) is 10.0 Å². The number of halogens is 3. The van der Waals surface area contributed by atoms with Crippen LogP contribution in [0.1, 0.15) is 47.5 Å². The Morgan fingerprint density at radius 2 is 1.87 bits per heavy atom. The van der Waals surface area contributed by atoms with Crippen LogP contribution in [-0.4, -0.2) is 22.8 Å². The molecule has 1 N–H and O–H groups in total. The molecule has 2 aliphatic rings. The van der Waals surface area contributed by atoms with E-state index in [1.807, 2.05) is 0 Å². The van der Waals surface area contributed by atoms with Crippen LogP contribution in [0.5, 0.6) is 0 Å². The van der Waals surface area contributed by atoms with Gasteiger partial charge in [0.15, 0.2) is 5.78 Å². The summed E-state index contributed by atoms with van der Waals surface area (Å²) in [6, 6.07) is 8.50. The van der Waals surface area contributed by atoms with Crippen molar-refractivity contribution in [2.45, 2.75) is 31.6 Å². The number of carboxylic acid groups (broad SMARTS) is 1. The van der Waals surface area contributed by atoms with Crippen LogP contribution in [0.3, 0.4) is 0 Å². The molecule has 4 rings (SSSR count). The molecule has 5 nitrogen and oxygen atoms in total. The zero-order chi connectivity index (χ0) is 21.6. The smallest absolute Gasteiger partial charge is 0.337 e. The van der Waals surface area contributed by atoms with Crippen molar-refractivity contribution in [2.24, 2.45) is 0 Å². The Morgan fingerprint density at radius 3 is 2.57 bits per heavy atom. The molecular weight excluding hydrogens is 432 g/mol. The van der Waals surface area contributed by atoms with E-state index in [1.54, 1.807) is 0 Å². The molecule has 0 aromatic heterocycles. The molecule has 8 heteroatoms. The minimum absolute atomic E-state index is 0.0423. The van der Waals surface area contributed by atoms with Crippen molar-refractivity contribution in [3.8, 4) is 0 Å². The maximum absolute atomic E-state index is 14.6. The molecule has 1 unspecified atom stereocenters. The first-order valence-electron chi connectivity index (χ1n) is 9.35. The van der Waals surface area contributed by atoms with E-state index in [-0.39, 0.29) is 39.3 Å². The number of ketones is 1. The summed E-state index contributed by atoms with van der Waals surface area (Å²) < 4.78 is 14.6. The van der Waals surface area contributed by atoms with Crippen LogP contribution >= 0.6 is 23.2 Å². The van der Waals surface area contributed by atoms with E-state index >= 15 is 0 Å². The van der Waals surface area contributed by atoms with Crippen LogP contribution in [-0.2, 0) is 9.59 Å². The number of aromatic carboxylic acids is 1. The zero-order valence-corrected chi connectivity index (χ0v) is 17.1. The second-order valence-electron chi connectivity index (χ2n) is 7.23. The number of hydrogen-bond acceptors (Lipinski definition) is 3. The summed E-state index contributed by atoms with van der Waals surface area (Å²) in [7, 11) is 0. The number of hydrogen-bond donors (Lipinski definition) is 1. The van der Waals surface area contributed by atoms with Crippen molar-refractivity contribution >= 4 is 46.5 Å². The average Bonchev–Trinajstić information content (AvgIpc) is 2.68. The lowest BCUT2D eigenvalue weighted by molar-refractivity contribution is -0.119. The van der Waals surface area contributed by atoms with Gasteiger partial charge in [-0.1, -0.05) is 29.3 Å². The zero-order valence-electron chi connectivity index (χ0n) is 15.6. The Labute approximate surface area is 181 Å². The van der Waals surface area contributed by atoms with Crippen LogP contribution in [0.15, 0.2) is 47.7 Å². The van der Waals surface area contributed by atoms with Crippen LogP contribution in [0.25, 0.3) is 0 Å². The van der Waals surface area contributed by atoms with Gasteiger partial charge in [0.05, 0.1) is 10.6 Å². The molecular formula is C22H16Cl2FNO4. The molecule has 2 aromatic carbocycles. The van der Waals surface area contributed by atoms with Gasteiger partial charge in [-0.2, -0.15) is 0 Å². The molecule has 2 aromatic rings. The highest BCUT2D eigenvalue weighted by atomic mass is 35.5. The van der Waals surface area contributed by atoms with E-state index in [9.17, 15) is 23.9 Å². The third-order valence-corrected chi connectivity index (χ3v) is 6.12. The number of amides is 1. The third-order valence-electron chi connectivity index (χ3n) is 5.46. The molecule has 0 saturated carbocycles. The van der Waals surface area contributed by atoms with Crippen LogP contribution in [0.4, 0.5) is 10.1 Å². The van der Waals surface area contributed by atoms with E-state index in [4.69, 9.17) is 23.2 Å². The van der Waals surface area contributed by atoms with E-state index in [0.717, 1.165) is 0 Å². The van der Waals surface area contributed by atoms with Gasteiger partial charge >= 0.3 is 5.97 Å². The SMILES string of the molecule is O=C1CCCC2=C1C(c1c(F)cccc1Cl)CC(=O)N2c1ccc(Cl)c(C(=O)O)c1. The Balaban J connectivity index is 1.91.